The highest BCUT2D eigenvalue weighted by atomic mass is 16.2. The summed E-state index contributed by atoms with van der Waals surface area (Å²) in [5.41, 5.74) is 0.420. The zero-order chi connectivity index (χ0) is 10.0. The van der Waals surface area contributed by atoms with Gasteiger partial charge in [-0.1, -0.05) is 6.92 Å². The van der Waals surface area contributed by atoms with Crippen LogP contribution >= 0.6 is 0 Å². The van der Waals surface area contributed by atoms with Gasteiger partial charge < -0.3 is 15.5 Å². The molecule has 2 heterocycles. The van der Waals surface area contributed by atoms with E-state index in [1.807, 2.05) is 4.90 Å². The largest absolute Gasteiger partial charge is 0.338 e. The minimum atomic E-state index is 0.115. The van der Waals surface area contributed by atoms with Crippen molar-refractivity contribution in [1.82, 2.24) is 15.5 Å². The summed E-state index contributed by atoms with van der Waals surface area (Å²) in [7, 11) is 0. The lowest BCUT2D eigenvalue weighted by Crippen LogP contribution is -2.61. The van der Waals surface area contributed by atoms with Gasteiger partial charge in [0.25, 0.3) is 0 Å². The summed E-state index contributed by atoms with van der Waals surface area (Å²) in [6.45, 7) is 6.94. The third-order valence-corrected chi connectivity index (χ3v) is 3.20. The van der Waals surface area contributed by atoms with Gasteiger partial charge in [0.2, 0.25) is 0 Å². The SMILES string of the molecule is CCCNC(=O)N1CC2(CCNC2)C1. The molecule has 0 aromatic carbocycles. The number of rotatable bonds is 2. The number of hydrogen-bond donors (Lipinski definition) is 2. The van der Waals surface area contributed by atoms with Gasteiger partial charge in [0.15, 0.2) is 0 Å². The summed E-state index contributed by atoms with van der Waals surface area (Å²) in [5.74, 6) is 0. The molecule has 2 aliphatic heterocycles. The van der Waals surface area contributed by atoms with Gasteiger partial charge in [-0.25, -0.2) is 4.79 Å². The number of likely N-dealkylation sites (tertiary alicyclic amines) is 1. The highest BCUT2D eigenvalue weighted by Gasteiger charge is 2.46. The molecule has 0 radical (unpaired) electrons. The van der Waals surface area contributed by atoms with Crippen LogP contribution in [0.2, 0.25) is 0 Å². The van der Waals surface area contributed by atoms with Crippen molar-refractivity contribution in [3.05, 3.63) is 0 Å². The second-order valence-corrected chi connectivity index (χ2v) is 4.51. The lowest BCUT2D eigenvalue weighted by atomic mass is 9.79. The molecule has 0 unspecified atom stereocenters. The Hall–Kier alpha value is -0.770. The Balaban J connectivity index is 1.73. The molecule has 4 heteroatoms. The number of amides is 2. The second kappa shape index (κ2) is 3.77. The van der Waals surface area contributed by atoms with E-state index in [1.54, 1.807) is 0 Å². The topological polar surface area (TPSA) is 44.4 Å². The van der Waals surface area contributed by atoms with E-state index in [2.05, 4.69) is 17.6 Å². The van der Waals surface area contributed by atoms with Crippen LogP contribution in [0.15, 0.2) is 0 Å². The molecule has 0 atom stereocenters. The van der Waals surface area contributed by atoms with Crippen LogP contribution in [-0.2, 0) is 0 Å². The second-order valence-electron chi connectivity index (χ2n) is 4.51. The molecule has 0 aliphatic carbocycles. The Bertz CT molecular complexity index is 215. The third-order valence-electron chi connectivity index (χ3n) is 3.20. The van der Waals surface area contributed by atoms with E-state index >= 15 is 0 Å². The highest BCUT2D eigenvalue weighted by Crippen LogP contribution is 2.35. The first kappa shape index (κ1) is 9.77. The first-order valence-corrected chi connectivity index (χ1v) is 5.49. The van der Waals surface area contributed by atoms with Crippen LogP contribution in [0, 0.1) is 5.41 Å². The normalized spacial score (nSPS) is 23.6. The van der Waals surface area contributed by atoms with Crippen molar-refractivity contribution < 1.29 is 4.79 Å². The molecule has 0 saturated carbocycles. The van der Waals surface area contributed by atoms with E-state index in [-0.39, 0.29) is 6.03 Å². The molecular formula is C10H19N3O. The molecule has 4 nitrogen and oxygen atoms in total. The van der Waals surface area contributed by atoms with Crippen molar-refractivity contribution in [3.8, 4) is 0 Å². The molecule has 0 aromatic heterocycles. The van der Waals surface area contributed by atoms with E-state index in [1.165, 1.54) is 6.42 Å². The number of urea groups is 1. The maximum atomic E-state index is 11.5. The number of carbonyl (C=O) groups is 1. The summed E-state index contributed by atoms with van der Waals surface area (Å²) in [6, 6.07) is 0.115. The fourth-order valence-electron chi connectivity index (χ4n) is 2.32. The number of hydrogen-bond acceptors (Lipinski definition) is 2. The van der Waals surface area contributed by atoms with Crippen molar-refractivity contribution in [1.29, 1.82) is 0 Å². The van der Waals surface area contributed by atoms with Gasteiger partial charge in [-0.05, 0) is 19.4 Å². The van der Waals surface area contributed by atoms with Crippen molar-refractivity contribution in [2.45, 2.75) is 19.8 Å². The molecule has 2 amide bonds. The summed E-state index contributed by atoms with van der Waals surface area (Å²) in [4.78, 5) is 13.4. The zero-order valence-electron chi connectivity index (χ0n) is 8.81. The smallest absolute Gasteiger partial charge is 0.317 e. The molecule has 2 rings (SSSR count). The first-order chi connectivity index (χ1) is 6.76. The van der Waals surface area contributed by atoms with Gasteiger partial charge in [0.05, 0.1) is 0 Å². The van der Waals surface area contributed by atoms with Gasteiger partial charge in [-0.3, -0.25) is 0 Å². The molecule has 2 fully saturated rings. The monoisotopic (exact) mass is 197 g/mol. The molecule has 0 bridgehead atoms. The number of carbonyl (C=O) groups excluding carboxylic acids is 1. The van der Waals surface area contributed by atoms with Gasteiger partial charge in [0.1, 0.15) is 0 Å². The molecule has 0 aromatic rings. The van der Waals surface area contributed by atoms with E-state index in [9.17, 15) is 4.79 Å². The standard InChI is InChI=1S/C10H19N3O/c1-2-4-12-9(14)13-7-10(8-13)3-5-11-6-10/h11H,2-8H2,1H3,(H,12,14). The fourth-order valence-corrected chi connectivity index (χ4v) is 2.32. The maximum Gasteiger partial charge on any atom is 0.317 e. The van der Waals surface area contributed by atoms with E-state index < -0.39 is 0 Å². The molecule has 14 heavy (non-hydrogen) atoms. The average molecular weight is 197 g/mol. The lowest BCUT2D eigenvalue weighted by Gasteiger charge is -2.47. The minimum Gasteiger partial charge on any atom is -0.338 e. The lowest BCUT2D eigenvalue weighted by molar-refractivity contribution is 0.0479. The fraction of sp³-hybridized carbons (Fsp3) is 0.900. The van der Waals surface area contributed by atoms with Crippen molar-refractivity contribution in [2.24, 2.45) is 5.41 Å². The highest BCUT2D eigenvalue weighted by molar-refractivity contribution is 5.75. The summed E-state index contributed by atoms with van der Waals surface area (Å²) in [6.07, 6.45) is 2.23. The van der Waals surface area contributed by atoms with Crippen LogP contribution in [0.25, 0.3) is 0 Å². The Morgan fingerprint density at radius 3 is 2.93 bits per heavy atom. The quantitative estimate of drug-likeness (QED) is 0.673. The Kier molecular flexibility index (Phi) is 2.63. The van der Waals surface area contributed by atoms with Crippen molar-refractivity contribution in [2.75, 3.05) is 32.7 Å². The first-order valence-electron chi connectivity index (χ1n) is 5.49. The van der Waals surface area contributed by atoms with Crippen LogP contribution in [0.1, 0.15) is 19.8 Å². The Morgan fingerprint density at radius 2 is 2.36 bits per heavy atom. The van der Waals surface area contributed by atoms with Crippen LogP contribution in [0.3, 0.4) is 0 Å². The number of nitrogens with one attached hydrogen (secondary N) is 2. The molecular weight excluding hydrogens is 178 g/mol. The third kappa shape index (κ3) is 1.71. The Labute approximate surface area is 85.0 Å². The van der Waals surface area contributed by atoms with Gasteiger partial charge in [-0.2, -0.15) is 0 Å². The molecule has 2 N–H and O–H groups in total. The zero-order valence-corrected chi connectivity index (χ0v) is 8.81. The van der Waals surface area contributed by atoms with Crippen LogP contribution in [0.4, 0.5) is 4.79 Å². The minimum absolute atomic E-state index is 0.115. The van der Waals surface area contributed by atoms with Crippen molar-refractivity contribution >= 4 is 6.03 Å². The van der Waals surface area contributed by atoms with Gasteiger partial charge in [-0.15, -0.1) is 0 Å². The molecule has 2 saturated heterocycles. The summed E-state index contributed by atoms with van der Waals surface area (Å²) < 4.78 is 0. The Morgan fingerprint density at radius 1 is 1.57 bits per heavy atom. The predicted octanol–water partition coefficient (Wildman–Crippen LogP) is 0.401. The van der Waals surface area contributed by atoms with E-state index in [4.69, 9.17) is 0 Å². The molecule has 80 valence electrons. The van der Waals surface area contributed by atoms with Crippen molar-refractivity contribution in [3.63, 3.8) is 0 Å². The van der Waals surface area contributed by atoms with Crippen LogP contribution < -0.4 is 10.6 Å². The van der Waals surface area contributed by atoms with Gasteiger partial charge >= 0.3 is 6.03 Å². The predicted molar refractivity (Wildman–Crippen MR) is 55.2 cm³/mol. The summed E-state index contributed by atoms with van der Waals surface area (Å²) >= 11 is 0. The molecule has 2 aliphatic rings. The average Bonchev–Trinajstić information content (AvgIpc) is 2.60. The van der Waals surface area contributed by atoms with E-state index in [0.717, 1.165) is 39.1 Å². The van der Waals surface area contributed by atoms with Crippen LogP contribution in [0.5, 0.6) is 0 Å². The number of nitrogens with zero attached hydrogens (tertiary/aromatic N) is 1. The van der Waals surface area contributed by atoms with E-state index in [0.29, 0.717) is 5.41 Å². The van der Waals surface area contributed by atoms with Gasteiger partial charge in [0, 0.05) is 31.6 Å². The summed E-state index contributed by atoms with van der Waals surface area (Å²) in [5, 5.41) is 6.27. The maximum absolute atomic E-state index is 11.5. The van der Waals surface area contributed by atoms with Crippen LogP contribution in [-0.4, -0.2) is 43.7 Å². The molecule has 1 spiro atoms.